The van der Waals surface area contributed by atoms with E-state index < -0.39 is 0 Å². The summed E-state index contributed by atoms with van der Waals surface area (Å²) in [5, 5.41) is 13.4. The van der Waals surface area contributed by atoms with Gasteiger partial charge in [-0.15, -0.1) is 11.7 Å². The Morgan fingerprint density at radius 3 is 3.04 bits per heavy atom. The first-order valence-corrected chi connectivity index (χ1v) is 8.85. The first-order valence-electron chi connectivity index (χ1n) is 8.85. The van der Waals surface area contributed by atoms with E-state index in [0.29, 0.717) is 5.92 Å². The third kappa shape index (κ3) is 2.82. The normalized spacial score (nSPS) is 21.5. The number of hydrogen-bond acceptors (Lipinski definition) is 4. The van der Waals surface area contributed by atoms with Crippen LogP contribution in [-0.2, 0) is 0 Å². The lowest BCUT2D eigenvalue weighted by Gasteiger charge is -2.27. The molecule has 0 atom stereocenters. The number of rotatable bonds is 6. The molecular weight excluding hydrogens is 300 g/mol. The molecule has 3 aromatic rings. The van der Waals surface area contributed by atoms with E-state index in [1.165, 1.54) is 25.7 Å². The molecule has 1 fully saturated rings. The lowest BCUT2D eigenvalue weighted by atomic mass is 9.80. The zero-order valence-corrected chi connectivity index (χ0v) is 13.9. The summed E-state index contributed by atoms with van der Waals surface area (Å²) < 4.78 is 1.81. The summed E-state index contributed by atoms with van der Waals surface area (Å²) in [7, 11) is 0. The number of aromatic amines is 1. The van der Waals surface area contributed by atoms with Crippen molar-refractivity contribution < 1.29 is 0 Å². The van der Waals surface area contributed by atoms with Crippen LogP contribution in [0.5, 0.6) is 0 Å². The standard InChI is InChI=1S/C18H24N6/c1-2-3-9-19-11-13-4-6-14(7-5-13)16-17-15-8-10-20-18(15)21-12-24(17)23-22-16/h2,8,10,12-14,19-20H,1,3-7,9,11H2. The minimum absolute atomic E-state index is 0.507. The molecule has 1 aliphatic carbocycles. The molecule has 0 aromatic carbocycles. The van der Waals surface area contributed by atoms with E-state index in [9.17, 15) is 0 Å². The Balaban J connectivity index is 1.47. The molecule has 0 saturated heterocycles. The Labute approximate surface area is 141 Å². The third-order valence-electron chi connectivity index (χ3n) is 5.19. The molecule has 0 spiro atoms. The van der Waals surface area contributed by atoms with Crippen molar-refractivity contribution in [2.75, 3.05) is 13.1 Å². The van der Waals surface area contributed by atoms with Gasteiger partial charge in [-0.05, 0) is 57.2 Å². The summed E-state index contributed by atoms with van der Waals surface area (Å²) in [5.74, 6) is 1.29. The van der Waals surface area contributed by atoms with Crippen molar-refractivity contribution in [2.45, 2.75) is 38.0 Å². The summed E-state index contributed by atoms with van der Waals surface area (Å²) in [5.41, 5.74) is 3.17. The van der Waals surface area contributed by atoms with Crippen molar-refractivity contribution in [3.8, 4) is 0 Å². The van der Waals surface area contributed by atoms with Gasteiger partial charge in [0, 0.05) is 17.5 Å². The van der Waals surface area contributed by atoms with Gasteiger partial charge in [-0.25, -0.2) is 9.50 Å². The lowest BCUT2D eigenvalue weighted by Crippen LogP contribution is -2.26. The highest BCUT2D eigenvalue weighted by atomic mass is 15.4. The Hall–Kier alpha value is -2.21. The Bertz CT molecular complexity index is 824. The fourth-order valence-corrected chi connectivity index (χ4v) is 3.84. The van der Waals surface area contributed by atoms with Gasteiger partial charge in [0.2, 0.25) is 0 Å². The maximum atomic E-state index is 4.49. The van der Waals surface area contributed by atoms with Crippen LogP contribution < -0.4 is 5.32 Å². The number of hydrogen-bond donors (Lipinski definition) is 2. The predicted molar refractivity (Wildman–Crippen MR) is 95.0 cm³/mol. The fourth-order valence-electron chi connectivity index (χ4n) is 3.84. The molecule has 0 radical (unpaired) electrons. The van der Waals surface area contributed by atoms with Gasteiger partial charge >= 0.3 is 0 Å². The highest BCUT2D eigenvalue weighted by Crippen LogP contribution is 2.37. The van der Waals surface area contributed by atoms with Crippen LogP contribution in [0, 0.1) is 5.92 Å². The van der Waals surface area contributed by atoms with Gasteiger partial charge in [-0.2, -0.15) is 0 Å². The minimum Gasteiger partial charge on any atom is -0.346 e. The van der Waals surface area contributed by atoms with Gasteiger partial charge in [0.1, 0.15) is 17.5 Å². The van der Waals surface area contributed by atoms with Crippen LogP contribution in [0.15, 0.2) is 31.2 Å². The van der Waals surface area contributed by atoms with E-state index in [0.717, 1.165) is 47.7 Å². The summed E-state index contributed by atoms with van der Waals surface area (Å²) in [6.45, 7) is 5.92. The quantitative estimate of drug-likeness (QED) is 0.540. The number of H-pyrrole nitrogens is 1. The van der Waals surface area contributed by atoms with Crippen LogP contribution in [0.1, 0.15) is 43.7 Å². The second-order valence-electron chi connectivity index (χ2n) is 6.75. The van der Waals surface area contributed by atoms with Crippen molar-refractivity contribution in [1.29, 1.82) is 0 Å². The molecule has 6 heteroatoms. The van der Waals surface area contributed by atoms with Gasteiger partial charge in [-0.3, -0.25) is 0 Å². The maximum Gasteiger partial charge on any atom is 0.141 e. The van der Waals surface area contributed by atoms with Crippen LogP contribution >= 0.6 is 0 Å². The van der Waals surface area contributed by atoms with Crippen molar-refractivity contribution in [3.05, 3.63) is 36.9 Å². The topological polar surface area (TPSA) is 70.9 Å². The second kappa shape index (κ2) is 6.73. The molecule has 1 saturated carbocycles. The van der Waals surface area contributed by atoms with Gasteiger partial charge in [0.05, 0.1) is 5.69 Å². The SMILES string of the molecule is C=CCCNCC1CCC(c2nnn3cnc4[nH]ccc4c23)CC1. The van der Waals surface area contributed by atoms with E-state index in [1.807, 2.05) is 16.8 Å². The molecule has 0 bridgehead atoms. The van der Waals surface area contributed by atoms with E-state index in [2.05, 4.69) is 38.2 Å². The van der Waals surface area contributed by atoms with Crippen molar-refractivity contribution in [3.63, 3.8) is 0 Å². The van der Waals surface area contributed by atoms with Crippen LogP contribution in [0.4, 0.5) is 0 Å². The summed E-state index contributed by atoms with van der Waals surface area (Å²) in [6, 6.07) is 2.07. The molecule has 24 heavy (non-hydrogen) atoms. The summed E-state index contributed by atoms with van der Waals surface area (Å²) in [4.78, 5) is 7.56. The highest BCUT2D eigenvalue weighted by molar-refractivity contribution is 5.92. The number of nitrogens with one attached hydrogen (secondary N) is 2. The van der Waals surface area contributed by atoms with Crippen molar-refractivity contribution in [2.24, 2.45) is 5.92 Å². The largest absolute Gasteiger partial charge is 0.346 e. The Kier molecular flexibility index (Phi) is 4.30. The second-order valence-corrected chi connectivity index (χ2v) is 6.75. The minimum atomic E-state index is 0.507. The molecule has 3 aromatic heterocycles. The lowest BCUT2D eigenvalue weighted by molar-refractivity contribution is 0.313. The molecule has 2 N–H and O–H groups in total. The van der Waals surface area contributed by atoms with Crippen LogP contribution in [0.3, 0.4) is 0 Å². The monoisotopic (exact) mass is 324 g/mol. The highest BCUT2D eigenvalue weighted by Gasteiger charge is 2.26. The van der Waals surface area contributed by atoms with Gasteiger partial charge in [0.25, 0.3) is 0 Å². The fraction of sp³-hybridized carbons (Fsp3) is 0.500. The van der Waals surface area contributed by atoms with Gasteiger partial charge in [0.15, 0.2) is 0 Å². The molecule has 0 amide bonds. The predicted octanol–water partition coefficient (Wildman–Crippen LogP) is 3.05. The molecule has 0 aliphatic heterocycles. The summed E-state index contributed by atoms with van der Waals surface area (Å²) >= 11 is 0. The zero-order chi connectivity index (χ0) is 16.4. The first-order chi connectivity index (χ1) is 11.9. The maximum absolute atomic E-state index is 4.49. The van der Waals surface area contributed by atoms with E-state index >= 15 is 0 Å². The molecule has 4 rings (SSSR count). The van der Waals surface area contributed by atoms with Crippen LogP contribution in [0.2, 0.25) is 0 Å². The number of aromatic nitrogens is 5. The summed E-state index contributed by atoms with van der Waals surface area (Å²) in [6.07, 6.45) is 11.6. The van der Waals surface area contributed by atoms with Crippen molar-refractivity contribution >= 4 is 16.6 Å². The van der Waals surface area contributed by atoms with E-state index in [1.54, 1.807) is 6.33 Å². The zero-order valence-electron chi connectivity index (χ0n) is 13.9. The molecular formula is C18H24N6. The van der Waals surface area contributed by atoms with E-state index in [-0.39, 0.29) is 0 Å². The number of fused-ring (bicyclic) bond motifs is 3. The van der Waals surface area contributed by atoms with Gasteiger partial charge < -0.3 is 10.3 Å². The Morgan fingerprint density at radius 1 is 1.33 bits per heavy atom. The molecule has 3 heterocycles. The molecule has 1 aliphatic rings. The first kappa shape index (κ1) is 15.3. The molecule has 0 unspecified atom stereocenters. The van der Waals surface area contributed by atoms with Crippen LogP contribution in [0.25, 0.3) is 16.6 Å². The van der Waals surface area contributed by atoms with E-state index in [4.69, 9.17) is 0 Å². The Morgan fingerprint density at radius 2 is 2.21 bits per heavy atom. The van der Waals surface area contributed by atoms with Crippen molar-refractivity contribution in [1.82, 2.24) is 30.1 Å². The average Bonchev–Trinajstić information content (AvgIpc) is 3.25. The third-order valence-corrected chi connectivity index (χ3v) is 5.19. The number of nitrogens with zero attached hydrogens (tertiary/aromatic N) is 4. The molecule has 6 nitrogen and oxygen atoms in total. The van der Waals surface area contributed by atoms with Crippen LogP contribution in [-0.4, -0.2) is 37.9 Å². The molecule has 126 valence electrons. The smallest absolute Gasteiger partial charge is 0.141 e. The average molecular weight is 324 g/mol. The van der Waals surface area contributed by atoms with Gasteiger partial charge in [-0.1, -0.05) is 11.3 Å².